The van der Waals surface area contributed by atoms with E-state index in [9.17, 15) is 4.79 Å². The van der Waals surface area contributed by atoms with Crippen LogP contribution in [0.4, 0.5) is 0 Å². The summed E-state index contributed by atoms with van der Waals surface area (Å²) in [4.78, 5) is 15.0. The van der Waals surface area contributed by atoms with E-state index in [1.54, 1.807) is 7.11 Å². The molecule has 0 atom stereocenters. The Morgan fingerprint density at radius 2 is 2.39 bits per heavy atom. The molecule has 1 heterocycles. The molecule has 100 valence electrons. The molecule has 1 fully saturated rings. The lowest BCUT2D eigenvalue weighted by Gasteiger charge is -2.40. The fourth-order valence-corrected chi connectivity index (χ4v) is 2.93. The molecule has 0 saturated heterocycles. The molecule has 1 aliphatic rings. The van der Waals surface area contributed by atoms with Crippen LogP contribution in [-0.2, 0) is 16.1 Å². The van der Waals surface area contributed by atoms with E-state index in [0.29, 0.717) is 0 Å². The summed E-state index contributed by atoms with van der Waals surface area (Å²) in [7, 11) is 1.74. The van der Waals surface area contributed by atoms with Gasteiger partial charge in [0.25, 0.3) is 0 Å². The number of nitrogens with zero attached hydrogens (tertiary/aromatic N) is 2. The lowest BCUT2D eigenvalue weighted by molar-refractivity contribution is -0.133. The summed E-state index contributed by atoms with van der Waals surface area (Å²) in [5, 5.41) is 9.49. The van der Waals surface area contributed by atoms with Gasteiger partial charge in [0.05, 0.1) is 23.6 Å². The number of carbonyl (C=O) groups is 1. The molecule has 6 heteroatoms. The molecule has 1 aromatic rings. The van der Waals surface area contributed by atoms with Gasteiger partial charge < -0.3 is 14.4 Å². The summed E-state index contributed by atoms with van der Waals surface area (Å²) >= 11 is 1.26. The predicted octanol–water partition coefficient (Wildman–Crippen LogP) is 1.94. The number of aryl methyl sites for hydroxylation is 1. The van der Waals surface area contributed by atoms with Crippen LogP contribution in [0.3, 0.4) is 0 Å². The molecule has 18 heavy (non-hydrogen) atoms. The summed E-state index contributed by atoms with van der Waals surface area (Å²) in [5.74, 6) is -0.784. The lowest BCUT2D eigenvalue weighted by Crippen LogP contribution is -2.43. The largest absolute Gasteiger partial charge is 0.481 e. The van der Waals surface area contributed by atoms with E-state index in [1.165, 1.54) is 18.2 Å². The number of thioether (sulfide) groups is 1. The molecule has 0 radical (unpaired) electrons. The Labute approximate surface area is 111 Å². The summed E-state index contributed by atoms with van der Waals surface area (Å²) in [6.07, 6.45) is 5.27. The summed E-state index contributed by atoms with van der Waals surface area (Å²) in [6, 6.07) is 0. The van der Waals surface area contributed by atoms with Crippen molar-refractivity contribution in [3.8, 4) is 0 Å². The zero-order valence-electron chi connectivity index (χ0n) is 10.7. The van der Waals surface area contributed by atoms with E-state index < -0.39 is 5.97 Å². The third-order valence-corrected chi connectivity index (χ3v) is 4.32. The molecule has 1 aliphatic carbocycles. The molecule has 2 rings (SSSR count). The van der Waals surface area contributed by atoms with Crippen LogP contribution < -0.4 is 0 Å². The van der Waals surface area contributed by atoms with Gasteiger partial charge in [-0.1, -0.05) is 11.8 Å². The van der Waals surface area contributed by atoms with Gasteiger partial charge in [0.2, 0.25) is 0 Å². The fourth-order valence-electron chi connectivity index (χ4n) is 2.19. The molecule has 0 bridgehead atoms. The highest BCUT2D eigenvalue weighted by Gasteiger charge is 2.37. The zero-order valence-corrected chi connectivity index (χ0v) is 11.5. The molecule has 1 aromatic heterocycles. The molecule has 1 N–H and O–H groups in total. The zero-order chi connectivity index (χ0) is 13.2. The van der Waals surface area contributed by atoms with Crippen molar-refractivity contribution in [2.45, 2.75) is 43.5 Å². The van der Waals surface area contributed by atoms with Gasteiger partial charge in [0, 0.05) is 13.3 Å². The average molecular weight is 270 g/mol. The van der Waals surface area contributed by atoms with Gasteiger partial charge in [0.15, 0.2) is 5.16 Å². The first kappa shape index (κ1) is 13.4. The quantitative estimate of drug-likeness (QED) is 0.800. The van der Waals surface area contributed by atoms with E-state index in [4.69, 9.17) is 9.84 Å². The van der Waals surface area contributed by atoms with Crippen molar-refractivity contribution >= 4 is 17.7 Å². The molecular weight excluding hydrogens is 252 g/mol. The third-order valence-electron chi connectivity index (χ3n) is 3.34. The van der Waals surface area contributed by atoms with Crippen LogP contribution in [0.2, 0.25) is 0 Å². The predicted molar refractivity (Wildman–Crippen MR) is 68.9 cm³/mol. The molecule has 0 amide bonds. The molecule has 1 saturated carbocycles. The fraction of sp³-hybridized carbons (Fsp3) is 0.667. The number of carboxylic acids is 1. The molecule has 0 aliphatic heterocycles. The normalized spacial score (nSPS) is 17.4. The van der Waals surface area contributed by atoms with Crippen LogP contribution in [0.25, 0.3) is 0 Å². The number of methoxy groups -OCH3 is 1. The number of imidazole rings is 1. The molecule has 0 unspecified atom stereocenters. The number of hydrogen-bond donors (Lipinski definition) is 1. The Morgan fingerprint density at radius 3 is 2.89 bits per heavy atom. The minimum atomic E-state index is -0.822. The van der Waals surface area contributed by atoms with Gasteiger partial charge in [0.1, 0.15) is 0 Å². The summed E-state index contributed by atoms with van der Waals surface area (Å²) < 4.78 is 7.61. The number of hydrogen-bond acceptors (Lipinski definition) is 4. The van der Waals surface area contributed by atoms with Gasteiger partial charge in [-0.3, -0.25) is 4.79 Å². The maximum Gasteiger partial charge on any atom is 0.313 e. The standard InChI is InChI=1S/C12H18N2O3S/c1-9-6-14(8-12(17-2)4-3-5-12)11(13-9)18-7-10(15)16/h6H,3-5,7-8H2,1-2H3,(H,15,16). The molecule has 5 nitrogen and oxygen atoms in total. The smallest absolute Gasteiger partial charge is 0.313 e. The van der Waals surface area contributed by atoms with Gasteiger partial charge in [-0.15, -0.1) is 0 Å². The number of rotatable bonds is 6. The van der Waals surface area contributed by atoms with Gasteiger partial charge in [-0.2, -0.15) is 0 Å². The third kappa shape index (κ3) is 2.87. The first-order valence-electron chi connectivity index (χ1n) is 5.98. The number of carboxylic acid groups (broad SMARTS) is 1. The van der Waals surface area contributed by atoms with E-state index in [2.05, 4.69) is 4.98 Å². The topological polar surface area (TPSA) is 64.4 Å². The van der Waals surface area contributed by atoms with Gasteiger partial charge >= 0.3 is 5.97 Å². The second-order valence-electron chi connectivity index (χ2n) is 4.72. The van der Waals surface area contributed by atoms with E-state index in [1.807, 2.05) is 17.7 Å². The molecular formula is C12H18N2O3S. The lowest BCUT2D eigenvalue weighted by atomic mass is 9.80. The van der Waals surface area contributed by atoms with Crippen molar-refractivity contribution in [3.63, 3.8) is 0 Å². The van der Waals surface area contributed by atoms with Crippen molar-refractivity contribution in [2.24, 2.45) is 0 Å². The SMILES string of the molecule is COC1(Cn2cc(C)nc2SCC(=O)O)CCC1. The van der Waals surface area contributed by atoms with Crippen LogP contribution in [0.1, 0.15) is 25.0 Å². The van der Waals surface area contributed by atoms with E-state index in [-0.39, 0.29) is 11.4 Å². The Balaban J connectivity index is 2.09. The second kappa shape index (κ2) is 5.32. The Hall–Kier alpha value is -1.01. The Bertz CT molecular complexity index is 435. The Morgan fingerprint density at radius 1 is 1.67 bits per heavy atom. The van der Waals surface area contributed by atoms with Crippen molar-refractivity contribution in [3.05, 3.63) is 11.9 Å². The van der Waals surface area contributed by atoms with Gasteiger partial charge in [-0.05, 0) is 26.2 Å². The highest BCUT2D eigenvalue weighted by molar-refractivity contribution is 7.99. The van der Waals surface area contributed by atoms with Crippen molar-refractivity contribution in [2.75, 3.05) is 12.9 Å². The minimum Gasteiger partial charge on any atom is -0.481 e. The minimum absolute atomic E-state index is 0.0381. The number of aliphatic carboxylic acids is 1. The maximum atomic E-state index is 10.6. The first-order chi connectivity index (χ1) is 8.54. The van der Waals surface area contributed by atoms with Crippen molar-refractivity contribution < 1.29 is 14.6 Å². The number of ether oxygens (including phenoxy) is 1. The maximum absolute atomic E-state index is 10.6. The summed E-state index contributed by atoms with van der Waals surface area (Å²) in [6.45, 7) is 2.67. The average Bonchev–Trinajstić information content (AvgIpc) is 2.61. The summed E-state index contributed by atoms with van der Waals surface area (Å²) in [5.41, 5.74) is 0.833. The van der Waals surface area contributed by atoms with Gasteiger partial charge in [-0.25, -0.2) is 4.98 Å². The van der Waals surface area contributed by atoms with Crippen LogP contribution >= 0.6 is 11.8 Å². The molecule has 0 aromatic carbocycles. The monoisotopic (exact) mass is 270 g/mol. The van der Waals surface area contributed by atoms with Crippen molar-refractivity contribution in [1.29, 1.82) is 0 Å². The van der Waals surface area contributed by atoms with E-state index >= 15 is 0 Å². The van der Waals surface area contributed by atoms with E-state index in [0.717, 1.165) is 30.2 Å². The van der Waals surface area contributed by atoms with Crippen LogP contribution in [-0.4, -0.2) is 39.1 Å². The highest BCUT2D eigenvalue weighted by atomic mass is 32.2. The molecule has 0 spiro atoms. The van der Waals surface area contributed by atoms with Crippen LogP contribution in [0.15, 0.2) is 11.4 Å². The second-order valence-corrected chi connectivity index (χ2v) is 5.66. The van der Waals surface area contributed by atoms with Crippen LogP contribution in [0.5, 0.6) is 0 Å². The Kier molecular flexibility index (Phi) is 3.97. The first-order valence-corrected chi connectivity index (χ1v) is 6.97. The highest BCUT2D eigenvalue weighted by Crippen LogP contribution is 2.37. The van der Waals surface area contributed by atoms with Crippen molar-refractivity contribution in [1.82, 2.24) is 9.55 Å². The number of aromatic nitrogens is 2. The van der Waals surface area contributed by atoms with Crippen LogP contribution in [0, 0.1) is 6.92 Å².